The second-order valence-corrected chi connectivity index (χ2v) is 9.99. The molecule has 0 aliphatic carbocycles. The number of hydrogen-bond acceptors (Lipinski definition) is 9. The van der Waals surface area contributed by atoms with Crippen molar-refractivity contribution in [2.45, 2.75) is 75.7 Å². The van der Waals surface area contributed by atoms with E-state index >= 15 is 0 Å². The monoisotopic (exact) mass is 488 g/mol. The summed E-state index contributed by atoms with van der Waals surface area (Å²) in [6, 6.07) is -0.877. The highest BCUT2D eigenvalue weighted by atomic mass is 16.5. The average molecular weight is 489 g/mol. The third-order valence-electron chi connectivity index (χ3n) is 7.29. The topological polar surface area (TPSA) is 175 Å². The molecule has 0 bridgehead atoms. The fraction of sp³-hybridized carbons (Fsp3) is 0.696. The number of carbonyl (C=O) groups is 2. The number of imidazole rings is 1. The lowest BCUT2D eigenvalue weighted by molar-refractivity contribution is -0.201. The van der Waals surface area contributed by atoms with E-state index in [1.54, 1.807) is 18.2 Å². The molecule has 3 atom stereocenters. The second-order valence-electron chi connectivity index (χ2n) is 9.99. The molecule has 2 fully saturated rings. The number of nitrogens with zero attached hydrogens (tertiary/aromatic N) is 5. The van der Waals surface area contributed by atoms with Crippen molar-refractivity contribution >= 4 is 28.8 Å². The summed E-state index contributed by atoms with van der Waals surface area (Å²) in [4.78, 5) is 39.4. The van der Waals surface area contributed by atoms with Gasteiger partial charge in [-0.2, -0.15) is 0 Å². The molecule has 2 aromatic rings. The highest BCUT2D eigenvalue weighted by Gasteiger charge is 2.50. The maximum absolute atomic E-state index is 13.2. The smallest absolute Gasteiger partial charge is 0.245 e. The van der Waals surface area contributed by atoms with Crippen LogP contribution in [0.25, 0.3) is 11.2 Å². The van der Waals surface area contributed by atoms with Crippen molar-refractivity contribution < 1.29 is 19.4 Å². The Morgan fingerprint density at radius 3 is 2.71 bits per heavy atom. The minimum absolute atomic E-state index is 0.0702. The molecular formula is C23H36N8O4. The zero-order chi connectivity index (χ0) is 25.2. The number of piperidine rings is 1. The maximum Gasteiger partial charge on any atom is 0.245 e. The number of ether oxygens (including phenoxy) is 1. The zero-order valence-electron chi connectivity index (χ0n) is 20.4. The Morgan fingerprint density at radius 2 is 2.03 bits per heavy atom. The highest BCUT2D eigenvalue weighted by Crippen LogP contribution is 2.44. The summed E-state index contributed by atoms with van der Waals surface area (Å²) in [5.41, 5.74) is 11.0. The van der Waals surface area contributed by atoms with Gasteiger partial charge in [0.15, 0.2) is 11.5 Å². The number of rotatable bonds is 7. The van der Waals surface area contributed by atoms with Gasteiger partial charge in [-0.05, 0) is 45.6 Å². The third kappa shape index (κ3) is 5.24. The molecule has 2 aromatic heterocycles. The van der Waals surface area contributed by atoms with Crippen LogP contribution in [0.3, 0.4) is 0 Å². The van der Waals surface area contributed by atoms with Crippen LogP contribution in [0, 0.1) is 0 Å². The van der Waals surface area contributed by atoms with Crippen molar-refractivity contribution in [2.24, 2.45) is 5.73 Å². The number of nitrogens with two attached hydrogens (primary N) is 2. The van der Waals surface area contributed by atoms with Gasteiger partial charge in [0, 0.05) is 26.4 Å². The molecule has 12 heteroatoms. The van der Waals surface area contributed by atoms with Crippen molar-refractivity contribution in [3.05, 3.63) is 12.7 Å². The first kappa shape index (κ1) is 25.3. The minimum atomic E-state index is -1.13. The molecule has 2 aliphatic heterocycles. The lowest BCUT2D eigenvalue weighted by atomic mass is 9.77. The Bertz CT molecular complexity index is 1060. The normalized spacial score (nSPS) is 25.0. The van der Waals surface area contributed by atoms with Crippen molar-refractivity contribution in [1.29, 1.82) is 0 Å². The summed E-state index contributed by atoms with van der Waals surface area (Å²) in [6.07, 6.45) is 6.99. The summed E-state index contributed by atoms with van der Waals surface area (Å²) < 4.78 is 8.12. The SMILES string of the molecule is CC(=O)N[C@@H](CCCCN)C(=O)N1CCC2(CC1)C[C@H](n1cnc3c(N)ncnc31)[C@@](C)(O)CO2. The molecule has 4 rings (SSSR count). The Morgan fingerprint density at radius 1 is 1.29 bits per heavy atom. The van der Waals surface area contributed by atoms with E-state index in [4.69, 9.17) is 16.2 Å². The van der Waals surface area contributed by atoms with Crippen LogP contribution in [0.15, 0.2) is 12.7 Å². The first-order chi connectivity index (χ1) is 16.7. The van der Waals surface area contributed by atoms with E-state index < -0.39 is 17.2 Å². The molecule has 0 unspecified atom stereocenters. The number of likely N-dealkylation sites (tertiary alicyclic amines) is 1. The van der Waals surface area contributed by atoms with Crippen LogP contribution < -0.4 is 16.8 Å². The Kier molecular flexibility index (Phi) is 7.25. The summed E-state index contributed by atoms with van der Waals surface area (Å²) >= 11 is 0. The lowest BCUT2D eigenvalue weighted by Gasteiger charge is -2.51. The first-order valence-electron chi connectivity index (χ1n) is 12.2. The molecule has 0 saturated carbocycles. The van der Waals surface area contributed by atoms with Gasteiger partial charge in [-0.3, -0.25) is 9.59 Å². The minimum Gasteiger partial charge on any atom is -0.386 e. The Hall–Kier alpha value is -2.83. The molecule has 1 spiro atoms. The molecule has 2 saturated heterocycles. The maximum atomic E-state index is 13.2. The number of carbonyl (C=O) groups excluding carboxylic acids is 2. The molecular weight excluding hydrogens is 452 g/mol. The Balaban J connectivity index is 1.47. The van der Waals surface area contributed by atoms with Crippen molar-refractivity contribution in [1.82, 2.24) is 29.7 Å². The van der Waals surface area contributed by atoms with Gasteiger partial charge in [-0.1, -0.05) is 0 Å². The molecule has 2 amide bonds. The number of anilines is 1. The number of fused-ring (bicyclic) bond motifs is 1. The van der Waals surface area contributed by atoms with E-state index in [1.807, 2.05) is 4.57 Å². The van der Waals surface area contributed by atoms with Gasteiger partial charge in [0.2, 0.25) is 11.8 Å². The predicted octanol–water partition coefficient (Wildman–Crippen LogP) is 0.116. The number of nitrogen functional groups attached to an aromatic ring is 1. The van der Waals surface area contributed by atoms with E-state index in [1.165, 1.54) is 13.3 Å². The van der Waals surface area contributed by atoms with Gasteiger partial charge in [-0.25, -0.2) is 15.0 Å². The molecule has 35 heavy (non-hydrogen) atoms. The number of hydrogen-bond donors (Lipinski definition) is 4. The lowest BCUT2D eigenvalue weighted by Crippen LogP contribution is -2.59. The van der Waals surface area contributed by atoms with Crippen LogP contribution in [0.1, 0.15) is 58.4 Å². The van der Waals surface area contributed by atoms with Gasteiger partial charge in [-0.15, -0.1) is 0 Å². The predicted molar refractivity (Wildman–Crippen MR) is 129 cm³/mol. The van der Waals surface area contributed by atoms with Crippen LogP contribution in [0.2, 0.25) is 0 Å². The molecule has 0 aromatic carbocycles. The van der Waals surface area contributed by atoms with E-state index in [9.17, 15) is 14.7 Å². The summed E-state index contributed by atoms with van der Waals surface area (Å²) in [6.45, 7) is 4.91. The molecule has 6 N–H and O–H groups in total. The first-order valence-corrected chi connectivity index (χ1v) is 12.2. The summed E-state index contributed by atoms with van der Waals surface area (Å²) in [5, 5.41) is 14.0. The number of nitrogens with one attached hydrogen (secondary N) is 1. The molecule has 192 valence electrons. The van der Waals surface area contributed by atoms with E-state index in [0.29, 0.717) is 62.3 Å². The molecule has 4 heterocycles. The highest BCUT2D eigenvalue weighted by molar-refractivity contribution is 5.87. The van der Waals surface area contributed by atoms with Crippen LogP contribution >= 0.6 is 0 Å². The second kappa shape index (κ2) is 10.0. The quantitative estimate of drug-likeness (QED) is 0.394. The third-order valence-corrected chi connectivity index (χ3v) is 7.29. The number of aliphatic hydroxyl groups is 1. The Labute approximate surface area is 204 Å². The van der Waals surface area contributed by atoms with Gasteiger partial charge < -0.3 is 36.1 Å². The van der Waals surface area contributed by atoms with E-state index in [0.717, 1.165) is 12.8 Å². The standard InChI is InChI=1S/C23H36N8O4/c1-15(32)29-16(5-3-4-8-24)21(33)30-9-6-23(7-10-30)11-17(22(2,34)12-35-23)31-14-28-18-19(25)26-13-27-20(18)31/h13-14,16-17,34H,3-12,24H2,1-2H3,(H,29,32)(H2,25,26,27)/t16-,17-,22-/m0/s1. The number of unbranched alkanes of at least 4 members (excludes halogenated alkanes) is 1. The molecule has 12 nitrogen and oxygen atoms in total. The van der Waals surface area contributed by atoms with Crippen molar-refractivity contribution in [3.63, 3.8) is 0 Å². The number of aromatic nitrogens is 4. The van der Waals surface area contributed by atoms with Crippen LogP contribution in [0.5, 0.6) is 0 Å². The van der Waals surface area contributed by atoms with E-state index in [2.05, 4.69) is 20.3 Å². The molecule has 2 aliphatic rings. The fourth-order valence-electron chi connectivity index (χ4n) is 5.22. The van der Waals surface area contributed by atoms with Gasteiger partial charge >= 0.3 is 0 Å². The van der Waals surface area contributed by atoms with E-state index in [-0.39, 0.29) is 24.5 Å². The zero-order valence-corrected chi connectivity index (χ0v) is 20.4. The van der Waals surface area contributed by atoms with Crippen molar-refractivity contribution in [3.8, 4) is 0 Å². The summed E-state index contributed by atoms with van der Waals surface area (Å²) in [5.74, 6) is 0.00338. The largest absolute Gasteiger partial charge is 0.386 e. The van der Waals surface area contributed by atoms with Crippen molar-refractivity contribution in [2.75, 3.05) is 32.0 Å². The van der Waals surface area contributed by atoms with Crippen LogP contribution in [0.4, 0.5) is 5.82 Å². The average Bonchev–Trinajstić information content (AvgIpc) is 3.25. The number of amides is 2. The van der Waals surface area contributed by atoms with Gasteiger partial charge in [0.1, 0.15) is 23.5 Å². The van der Waals surface area contributed by atoms with Gasteiger partial charge in [0.05, 0.1) is 24.6 Å². The van der Waals surface area contributed by atoms with Gasteiger partial charge in [0.25, 0.3) is 0 Å². The fourth-order valence-corrected chi connectivity index (χ4v) is 5.22. The molecule has 0 radical (unpaired) electrons. The summed E-state index contributed by atoms with van der Waals surface area (Å²) in [7, 11) is 0. The van der Waals surface area contributed by atoms with Crippen LogP contribution in [-0.4, -0.2) is 84.8 Å². The van der Waals surface area contributed by atoms with Crippen LogP contribution in [-0.2, 0) is 14.3 Å².